The average molecular weight is 210 g/mol. The lowest BCUT2D eigenvalue weighted by Crippen LogP contribution is -2.31. The van der Waals surface area contributed by atoms with Gasteiger partial charge in [-0.25, -0.2) is 4.39 Å². The molecule has 1 aromatic carbocycles. The number of benzene rings is 1. The van der Waals surface area contributed by atoms with Crippen LogP contribution in [0.3, 0.4) is 0 Å². The minimum Gasteiger partial charge on any atom is -0.271 e. The predicted molar refractivity (Wildman–Crippen MR) is 60.5 cm³/mol. The second-order valence-electron chi connectivity index (χ2n) is 5.04. The smallest absolute Gasteiger partial charge is 0.123 e. The molecule has 0 aliphatic carbocycles. The van der Waals surface area contributed by atoms with Crippen molar-refractivity contribution >= 4 is 0 Å². The number of hydrazine groups is 1. The van der Waals surface area contributed by atoms with Crippen LogP contribution in [0.25, 0.3) is 0 Å². The van der Waals surface area contributed by atoms with Gasteiger partial charge in [0.25, 0.3) is 0 Å². The zero-order chi connectivity index (χ0) is 11.5. The number of halogens is 1. The van der Waals surface area contributed by atoms with Gasteiger partial charge in [-0.2, -0.15) is 0 Å². The third-order valence-corrected chi connectivity index (χ3v) is 2.29. The largest absolute Gasteiger partial charge is 0.271 e. The SMILES string of the molecule is CC(C)(C)CC(NN)c1ccc(F)cc1. The van der Waals surface area contributed by atoms with Crippen LogP contribution in [0.4, 0.5) is 4.39 Å². The van der Waals surface area contributed by atoms with Crippen molar-refractivity contribution in [3.8, 4) is 0 Å². The Labute approximate surface area is 90.6 Å². The molecule has 3 N–H and O–H groups in total. The minimum absolute atomic E-state index is 0.0746. The Morgan fingerprint density at radius 2 is 1.80 bits per heavy atom. The van der Waals surface area contributed by atoms with Gasteiger partial charge in [-0.05, 0) is 29.5 Å². The van der Waals surface area contributed by atoms with Gasteiger partial charge in [0.2, 0.25) is 0 Å². The monoisotopic (exact) mass is 210 g/mol. The van der Waals surface area contributed by atoms with Gasteiger partial charge >= 0.3 is 0 Å². The van der Waals surface area contributed by atoms with Crippen LogP contribution in [0.5, 0.6) is 0 Å². The van der Waals surface area contributed by atoms with E-state index in [0.29, 0.717) is 0 Å². The lowest BCUT2D eigenvalue weighted by atomic mass is 9.86. The standard InChI is InChI=1S/C12H19FN2/c1-12(2,3)8-11(15-14)9-4-6-10(13)7-5-9/h4-7,11,15H,8,14H2,1-3H3. The van der Waals surface area contributed by atoms with Crippen LogP contribution in [-0.2, 0) is 0 Å². The third-order valence-electron chi connectivity index (χ3n) is 2.29. The van der Waals surface area contributed by atoms with Crippen LogP contribution in [0.2, 0.25) is 0 Å². The summed E-state index contributed by atoms with van der Waals surface area (Å²) < 4.78 is 12.7. The molecule has 0 fully saturated rings. The van der Waals surface area contributed by atoms with Gasteiger partial charge in [-0.3, -0.25) is 11.3 Å². The molecule has 1 atom stereocenters. The highest BCUT2D eigenvalue weighted by molar-refractivity contribution is 5.19. The Morgan fingerprint density at radius 3 is 2.20 bits per heavy atom. The first kappa shape index (κ1) is 12.1. The van der Waals surface area contributed by atoms with E-state index < -0.39 is 0 Å². The molecule has 0 aliphatic rings. The van der Waals surface area contributed by atoms with E-state index in [2.05, 4.69) is 26.2 Å². The molecule has 84 valence electrons. The average Bonchev–Trinajstić information content (AvgIpc) is 2.14. The molecule has 0 radical (unpaired) electrons. The second kappa shape index (κ2) is 4.73. The number of rotatable bonds is 3. The summed E-state index contributed by atoms with van der Waals surface area (Å²) in [5.74, 6) is 5.29. The van der Waals surface area contributed by atoms with Crippen molar-refractivity contribution in [3.63, 3.8) is 0 Å². The van der Waals surface area contributed by atoms with Gasteiger partial charge in [0.05, 0.1) is 0 Å². The third kappa shape index (κ3) is 3.98. The summed E-state index contributed by atoms with van der Waals surface area (Å²) in [6.45, 7) is 6.46. The Hall–Kier alpha value is -0.930. The first-order valence-electron chi connectivity index (χ1n) is 5.14. The van der Waals surface area contributed by atoms with E-state index >= 15 is 0 Å². The molecule has 0 heterocycles. The van der Waals surface area contributed by atoms with Crippen molar-refractivity contribution in [2.24, 2.45) is 11.3 Å². The van der Waals surface area contributed by atoms with Gasteiger partial charge in [0, 0.05) is 6.04 Å². The molecule has 1 aromatic rings. The van der Waals surface area contributed by atoms with Crippen molar-refractivity contribution in [2.45, 2.75) is 33.2 Å². The van der Waals surface area contributed by atoms with Crippen LogP contribution in [0.1, 0.15) is 38.8 Å². The molecule has 15 heavy (non-hydrogen) atoms. The lowest BCUT2D eigenvalue weighted by molar-refractivity contribution is 0.313. The number of hydrogen-bond donors (Lipinski definition) is 2. The maximum absolute atomic E-state index is 12.7. The van der Waals surface area contributed by atoms with Gasteiger partial charge in [0.1, 0.15) is 5.82 Å². The molecule has 1 rings (SSSR count). The highest BCUT2D eigenvalue weighted by Gasteiger charge is 2.18. The molecule has 0 aliphatic heterocycles. The number of nitrogens with one attached hydrogen (secondary N) is 1. The van der Waals surface area contributed by atoms with Crippen molar-refractivity contribution in [2.75, 3.05) is 0 Å². The maximum atomic E-state index is 12.7. The second-order valence-corrected chi connectivity index (χ2v) is 5.04. The Kier molecular flexibility index (Phi) is 3.83. The van der Waals surface area contributed by atoms with E-state index in [1.165, 1.54) is 12.1 Å². The van der Waals surface area contributed by atoms with E-state index in [0.717, 1.165) is 12.0 Å². The minimum atomic E-state index is -0.217. The quantitative estimate of drug-likeness (QED) is 0.594. The van der Waals surface area contributed by atoms with Crippen molar-refractivity contribution in [3.05, 3.63) is 35.6 Å². The van der Waals surface area contributed by atoms with Gasteiger partial charge in [-0.15, -0.1) is 0 Å². The van der Waals surface area contributed by atoms with Crippen molar-refractivity contribution in [1.82, 2.24) is 5.43 Å². The summed E-state index contributed by atoms with van der Waals surface area (Å²) >= 11 is 0. The van der Waals surface area contributed by atoms with E-state index in [1.807, 2.05) is 0 Å². The Morgan fingerprint density at radius 1 is 1.27 bits per heavy atom. The zero-order valence-corrected chi connectivity index (χ0v) is 9.55. The molecule has 0 aromatic heterocycles. The van der Waals surface area contributed by atoms with Gasteiger partial charge in [-0.1, -0.05) is 32.9 Å². The molecular weight excluding hydrogens is 191 g/mol. The fourth-order valence-corrected chi connectivity index (χ4v) is 1.58. The highest BCUT2D eigenvalue weighted by atomic mass is 19.1. The van der Waals surface area contributed by atoms with Crippen LogP contribution < -0.4 is 11.3 Å². The number of hydrogen-bond acceptors (Lipinski definition) is 2. The van der Waals surface area contributed by atoms with Crippen LogP contribution in [-0.4, -0.2) is 0 Å². The topological polar surface area (TPSA) is 38.0 Å². The van der Waals surface area contributed by atoms with Crippen molar-refractivity contribution < 1.29 is 4.39 Å². The van der Waals surface area contributed by atoms with E-state index in [-0.39, 0.29) is 17.3 Å². The fourth-order valence-electron chi connectivity index (χ4n) is 1.58. The van der Waals surface area contributed by atoms with Crippen LogP contribution in [0, 0.1) is 11.2 Å². The Balaban J connectivity index is 2.79. The molecule has 0 saturated heterocycles. The normalized spacial score (nSPS) is 13.9. The highest BCUT2D eigenvalue weighted by Crippen LogP contribution is 2.28. The zero-order valence-electron chi connectivity index (χ0n) is 9.55. The van der Waals surface area contributed by atoms with Crippen molar-refractivity contribution in [1.29, 1.82) is 0 Å². The summed E-state index contributed by atoms with van der Waals surface area (Å²) in [6, 6.07) is 6.53. The first-order chi connectivity index (χ1) is 6.92. The molecule has 1 unspecified atom stereocenters. The first-order valence-corrected chi connectivity index (χ1v) is 5.14. The molecular formula is C12H19FN2. The van der Waals surface area contributed by atoms with E-state index in [9.17, 15) is 4.39 Å². The summed E-state index contributed by atoms with van der Waals surface area (Å²) in [5.41, 5.74) is 3.98. The summed E-state index contributed by atoms with van der Waals surface area (Å²) in [4.78, 5) is 0. The van der Waals surface area contributed by atoms with Gasteiger partial charge in [0.15, 0.2) is 0 Å². The van der Waals surface area contributed by atoms with E-state index in [4.69, 9.17) is 5.84 Å². The summed E-state index contributed by atoms with van der Waals surface area (Å²) in [6.07, 6.45) is 0.912. The lowest BCUT2D eigenvalue weighted by Gasteiger charge is -2.25. The maximum Gasteiger partial charge on any atom is 0.123 e. The fraction of sp³-hybridized carbons (Fsp3) is 0.500. The van der Waals surface area contributed by atoms with E-state index in [1.54, 1.807) is 12.1 Å². The van der Waals surface area contributed by atoms with Crippen LogP contribution >= 0.6 is 0 Å². The van der Waals surface area contributed by atoms with Gasteiger partial charge < -0.3 is 0 Å². The Bertz CT molecular complexity index is 300. The predicted octanol–water partition coefficient (Wildman–Crippen LogP) is 2.77. The molecule has 0 amide bonds. The summed E-state index contributed by atoms with van der Waals surface area (Å²) in [7, 11) is 0. The molecule has 0 saturated carbocycles. The molecule has 0 spiro atoms. The van der Waals surface area contributed by atoms with Crippen LogP contribution in [0.15, 0.2) is 24.3 Å². The number of nitrogens with two attached hydrogens (primary N) is 1. The summed E-state index contributed by atoms with van der Waals surface area (Å²) in [5, 5.41) is 0. The molecule has 0 bridgehead atoms. The molecule has 3 heteroatoms. The molecule has 2 nitrogen and oxygen atoms in total.